The van der Waals surface area contributed by atoms with E-state index in [1.807, 2.05) is 12.1 Å². The lowest BCUT2D eigenvalue weighted by Crippen LogP contribution is -2.54. The van der Waals surface area contributed by atoms with E-state index < -0.39 is 9.84 Å². The quantitative estimate of drug-likeness (QED) is 0.896. The Morgan fingerprint density at radius 2 is 1.58 bits per heavy atom. The summed E-state index contributed by atoms with van der Waals surface area (Å²) in [5, 5.41) is 3.13. The van der Waals surface area contributed by atoms with Gasteiger partial charge in [0.2, 0.25) is 5.91 Å². The van der Waals surface area contributed by atoms with Crippen LogP contribution < -0.4 is 5.32 Å². The summed E-state index contributed by atoms with van der Waals surface area (Å²) in [6.45, 7) is 0. The van der Waals surface area contributed by atoms with Crippen molar-refractivity contribution in [3.8, 4) is 0 Å². The van der Waals surface area contributed by atoms with Crippen molar-refractivity contribution < 1.29 is 13.2 Å². The second-order valence-electron chi connectivity index (χ2n) is 8.54. The number of carbonyl (C=O) groups excluding carboxylic acids is 1. The smallest absolute Gasteiger partial charge is 0.226 e. The zero-order valence-corrected chi connectivity index (χ0v) is 14.5. The van der Waals surface area contributed by atoms with Crippen molar-refractivity contribution in [1.82, 2.24) is 5.32 Å². The summed E-state index contributed by atoms with van der Waals surface area (Å²) in [7, 11) is -3.27. The van der Waals surface area contributed by atoms with Gasteiger partial charge in [0.15, 0.2) is 9.84 Å². The maximum absolute atomic E-state index is 13.2. The second-order valence-corrected chi connectivity index (χ2v) is 10.5. The molecule has 1 aliphatic heterocycles. The highest BCUT2D eigenvalue weighted by molar-refractivity contribution is 7.91. The third kappa shape index (κ3) is 2.10. The van der Waals surface area contributed by atoms with Gasteiger partial charge in [0.25, 0.3) is 0 Å². The van der Waals surface area contributed by atoms with Crippen molar-refractivity contribution in [3.05, 3.63) is 29.8 Å². The van der Waals surface area contributed by atoms with Crippen molar-refractivity contribution in [2.75, 3.05) is 5.75 Å². The van der Waals surface area contributed by atoms with Crippen LogP contribution in [0, 0.1) is 23.2 Å². The van der Waals surface area contributed by atoms with Crippen molar-refractivity contribution in [2.24, 2.45) is 23.2 Å². The molecule has 128 valence electrons. The van der Waals surface area contributed by atoms with E-state index in [9.17, 15) is 13.2 Å². The molecule has 5 aliphatic rings. The van der Waals surface area contributed by atoms with Gasteiger partial charge in [-0.3, -0.25) is 4.79 Å². The van der Waals surface area contributed by atoms with Crippen LogP contribution in [-0.4, -0.2) is 20.1 Å². The summed E-state index contributed by atoms with van der Waals surface area (Å²) >= 11 is 0. The summed E-state index contributed by atoms with van der Waals surface area (Å²) in [5.41, 5.74) is 0.534. The largest absolute Gasteiger partial charge is 0.348 e. The van der Waals surface area contributed by atoms with Crippen LogP contribution in [0.4, 0.5) is 0 Å². The number of fused-ring (bicyclic) bond motifs is 1. The summed E-state index contributed by atoms with van der Waals surface area (Å²) in [6, 6.07) is 6.71. The molecule has 4 nitrogen and oxygen atoms in total. The van der Waals surface area contributed by atoms with E-state index in [1.54, 1.807) is 12.1 Å². The molecule has 4 saturated carbocycles. The number of carbonyl (C=O) groups is 1. The van der Waals surface area contributed by atoms with Crippen LogP contribution in [0.15, 0.2) is 29.2 Å². The van der Waals surface area contributed by atoms with Gasteiger partial charge in [-0.15, -0.1) is 0 Å². The minimum Gasteiger partial charge on any atom is -0.348 e. The molecule has 24 heavy (non-hydrogen) atoms. The molecule has 5 heteroatoms. The molecule has 1 N–H and O–H groups in total. The lowest BCUT2D eigenvalue weighted by Gasteiger charge is -2.55. The molecule has 1 heterocycles. The number of benzene rings is 1. The van der Waals surface area contributed by atoms with Crippen LogP contribution >= 0.6 is 0 Å². The maximum atomic E-state index is 13.2. The predicted molar refractivity (Wildman–Crippen MR) is 90.0 cm³/mol. The van der Waals surface area contributed by atoms with Gasteiger partial charge in [-0.1, -0.05) is 18.2 Å². The Kier molecular flexibility index (Phi) is 3.01. The zero-order chi connectivity index (χ0) is 16.5. The summed E-state index contributed by atoms with van der Waals surface area (Å²) in [6.07, 6.45) is 6.91. The van der Waals surface area contributed by atoms with Crippen molar-refractivity contribution >= 4 is 15.7 Å². The van der Waals surface area contributed by atoms with Crippen molar-refractivity contribution in [3.63, 3.8) is 0 Å². The zero-order valence-electron chi connectivity index (χ0n) is 13.7. The fourth-order valence-corrected chi connectivity index (χ4v) is 8.01. The summed E-state index contributed by atoms with van der Waals surface area (Å²) < 4.78 is 24.7. The van der Waals surface area contributed by atoms with E-state index >= 15 is 0 Å². The molecule has 1 aromatic rings. The number of hydrogen-bond acceptors (Lipinski definition) is 3. The SMILES string of the molecule is O=C(N[C@@H]1CS(=O)(=O)c2ccccc21)C12CC3CC(CC(C3)C1)C2. The minimum absolute atomic E-state index is 0.00442. The Balaban J connectivity index is 1.42. The molecule has 1 atom stereocenters. The molecule has 1 aromatic carbocycles. The molecule has 0 unspecified atom stereocenters. The number of rotatable bonds is 2. The maximum Gasteiger partial charge on any atom is 0.226 e. The fraction of sp³-hybridized carbons (Fsp3) is 0.632. The first-order valence-electron chi connectivity index (χ1n) is 9.08. The lowest BCUT2D eigenvalue weighted by molar-refractivity contribution is -0.146. The van der Waals surface area contributed by atoms with Crippen molar-refractivity contribution in [2.45, 2.75) is 49.5 Å². The van der Waals surface area contributed by atoms with E-state index in [2.05, 4.69) is 5.32 Å². The number of amides is 1. The number of sulfone groups is 1. The second kappa shape index (κ2) is 4.84. The molecule has 0 aromatic heterocycles. The molecule has 4 aliphatic carbocycles. The third-order valence-electron chi connectivity index (χ3n) is 6.84. The average molecular weight is 345 g/mol. The number of nitrogens with one attached hydrogen (secondary N) is 1. The first-order valence-corrected chi connectivity index (χ1v) is 10.7. The molecule has 0 saturated heterocycles. The highest BCUT2D eigenvalue weighted by Gasteiger charge is 2.55. The van der Waals surface area contributed by atoms with Crippen molar-refractivity contribution in [1.29, 1.82) is 0 Å². The molecule has 1 amide bonds. The van der Waals surface area contributed by atoms with Crippen LogP contribution in [0.5, 0.6) is 0 Å². The van der Waals surface area contributed by atoms with E-state index in [4.69, 9.17) is 0 Å². The minimum atomic E-state index is -3.27. The monoisotopic (exact) mass is 345 g/mol. The lowest BCUT2D eigenvalue weighted by atomic mass is 9.49. The summed E-state index contributed by atoms with van der Waals surface area (Å²) in [4.78, 5) is 13.6. The van der Waals surface area contributed by atoms with Gasteiger partial charge in [-0.05, 0) is 67.9 Å². The third-order valence-corrected chi connectivity index (χ3v) is 8.65. The van der Waals surface area contributed by atoms with Gasteiger partial charge in [0.1, 0.15) is 0 Å². The molecule has 0 spiro atoms. The highest BCUT2D eigenvalue weighted by atomic mass is 32.2. The van der Waals surface area contributed by atoms with Gasteiger partial charge in [0.05, 0.1) is 16.7 Å². The molecular weight excluding hydrogens is 322 g/mol. The molecule has 0 radical (unpaired) electrons. The van der Waals surface area contributed by atoms with Crippen LogP contribution in [0.3, 0.4) is 0 Å². The predicted octanol–water partition coefficient (Wildman–Crippen LogP) is 2.85. The van der Waals surface area contributed by atoms with Crippen LogP contribution in [0.1, 0.15) is 50.1 Å². The Morgan fingerprint density at radius 3 is 2.21 bits per heavy atom. The van der Waals surface area contributed by atoms with E-state index in [0.29, 0.717) is 22.6 Å². The van der Waals surface area contributed by atoms with E-state index in [-0.39, 0.29) is 23.1 Å². The van der Waals surface area contributed by atoms with E-state index in [0.717, 1.165) is 24.8 Å². The molecule has 4 fully saturated rings. The van der Waals surface area contributed by atoms with Gasteiger partial charge < -0.3 is 5.32 Å². The Bertz CT molecular complexity index is 778. The van der Waals surface area contributed by atoms with Crippen LogP contribution in [-0.2, 0) is 14.6 Å². The Hall–Kier alpha value is -1.36. The van der Waals surface area contributed by atoms with Gasteiger partial charge in [-0.25, -0.2) is 8.42 Å². The molecule has 4 bridgehead atoms. The Labute approximate surface area is 142 Å². The van der Waals surface area contributed by atoms with Crippen LogP contribution in [0.25, 0.3) is 0 Å². The standard InChI is InChI=1S/C19H23NO3S/c21-18(19-8-12-5-13(9-19)7-14(6-12)10-19)20-16-11-24(22,23)17-4-2-1-3-15(16)17/h1-4,12-14,16H,5-11H2,(H,20,21)/t12?,13?,14?,16-,19?/m1/s1. The Morgan fingerprint density at radius 1 is 1.00 bits per heavy atom. The first-order chi connectivity index (χ1) is 11.5. The fourth-order valence-electron chi connectivity index (χ4n) is 6.27. The van der Waals surface area contributed by atoms with Gasteiger partial charge in [-0.2, -0.15) is 0 Å². The van der Waals surface area contributed by atoms with Crippen LogP contribution in [0.2, 0.25) is 0 Å². The molecule has 6 rings (SSSR count). The van der Waals surface area contributed by atoms with Gasteiger partial charge >= 0.3 is 0 Å². The normalized spacial score (nSPS) is 41.2. The molecular formula is C19H23NO3S. The van der Waals surface area contributed by atoms with E-state index in [1.165, 1.54) is 19.3 Å². The van der Waals surface area contributed by atoms with Gasteiger partial charge in [0, 0.05) is 5.41 Å². The first kappa shape index (κ1) is 14.9. The highest BCUT2D eigenvalue weighted by Crippen LogP contribution is 2.60. The average Bonchev–Trinajstić information content (AvgIpc) is 2.77. The topological polar surface area (TPSA) is 63.2 Å². The summed E-state index contributed by atoms with van der Waals surface area (Å²) in [5.74, 6) is 2.24. The number of hydrogen-bond donors (Lipinski definition) is 1.